The average Bonchev–Trinajstić information content (AvgIpc) is 2.83. The van der Waals surface area contributed by atoms with Crippen LogP contribution in [0.4, 0.5) is 0 Å². The summed E-state index contributed by atoms with van der Waals surface area (Å²) >= 11 is -0.755. The molecule has 0 aromatic heterocycles. The number of ether oxygens (including phenoxy) is 6. The molecule has 0 aromatic rings. The van der Waals surface area contributed by atoms with Crippen LogP contribution in [0.1, 0.15) is 54.9 Å². The van der Waals surface area contributed by atoms with Crippen molar-refractivity contribution >= 4 is 50.9 Å². The van der Waals surface area contributed by atoms with Crippen LogP contribution in [0.2, 0.25) is 0 Å². The summed E-state index contributed by atoms with van der Waals surface area (Å²) in [5.74, 6) is -4.34. The summed E-state index contributed by atoms with van der Waals surface area (Å²) in [4.78, 5) is 73.5. The van der Waals surface area contributed by atoms with Gasteiger partial charge in [0.05, 0.1) is 0 Å². The van der Waals surface area contributed by atoms with Gasteiger partial charge in [-0.15, -0.1) is 0 Å². The van der Waals surface area contributed by atoms with Crippen molar-refractivity contribution in [2.24, 2.45) is 0 Å². The van der Waals surface area contributed by atoms with Gasteiger partial charge in [0, 0.05) is 0 Å². The molecule has 0 unspecified atom stereocenters. The maximum atomic E-state index is 13.3. The number of methoxy groups -OCH3 is 1. The average molecular weight is 626 g/mol. The van der Waals surface area contributed by atoms with Crippen molar-refractivity contribution in [2.75, 3.05) is 26.8 Å². The normalized spacial score (nSPS) is 24.1. The van der Waals surface area contributed by atoms with E-state index in [0.717, 1.165) is 27.7 Å². The van der Waals surface area contributed by atoms with Gasteiger partial charge in [-0.05, 0) is 0 Å². The number of hydrogen-bond donors (Lipinski definition) is 1. The third-order valence-corrected chi connectivity index (χ3v) is 8.62. The third kappa shape index (κ3) is 10.4. The zero-order chi connectivity index (χ0) is 29.9. The third-order valence-electron chi connectivity index (χ3n) is 5.48. The quantitative estimate of drug-likeness (QED) is 0.157. The summed E-state index contributed by atoms with van der Waals surface area (Å²) in [7, 11) is 1.17. The van der Waals surface area contributed by atoms with Crippen LogP contribution in [-0.2, 0) is 57.2 Å². The molecule has 1 amide bonds. The number of hydrogen-bond acceptors (Lipinski definition) is 13. The van der Waals surface area contributed by atoms with Crippen molar-refractivity contribution in [3.8, 4) is 0 Å². The van der Waals surface area contributed by atoms with E-state index in [2.05, 4.69) is 5.32 Å². The summed E-state index contributed by atoms with van der Waals surface area (Å²) in [6.45, 7) is 10.0. The molecule has 14 nitrogen and oxygen atoms in total. The second-order valence-electron chi connectivity index (χ2n) is 8.64. The van der Waals surface area contributed by atoms with Gasteiger partial charge < -0.3 is 0 Å². The van der Waals surface area contributed by atoms with Gasteiger partial charge in [0.25, 0.3) is 0 Å². The summed E-state index contributed by atoms with van der Waals surface area (Å²) in [5.41, 5.74) is 0. The Kier molecular flexibility index (Phi) is 13.8. The first-order chi connectivity index (χ1) is 18.2. The Bertz CT molecular complexity index is 912. The SMILES string of the molecule is CCN(CC)[Se][C@]1(C(=O)OC)C[C@H](OC(C)=O)[C@@H](NC(C)=O)[C@H]([C@H](OC(C)=O)[C@@H](COC(C)=O)OC(C)=O)O1. The molecular formula is C24H38N2O12Se. The Hall–Kier alpha value is -2.74. The molecule has 1 aliphatic heterocycles. The Morgan fingerprint density at radius 3 is 1.97 bits per heavy atom. The number of nitrogens with one attached hydrogen (secondary N) is 1. The first-order valence-electron chi connectivity index (χ1n) is 12.3. The molecule has 6 atom stereocenters. The molecule has 39 heavy (non-hydrogen) atoms. The van der Waals surface area contributed by atoms with Gasteiger partial charge in [-0.2, -0.15) is 0 Å². The molecule has 1 heterocycles. The molecule has 1 fully saturated rings. The predicted molar refractivity (Wildman–Crippen MR) is 134 cm³/mol. The second-order valence-corrected chi connectivity index (χ2v) is 11.5. The molecule has 0 bridgehead atoms. The van der Waals surface area contributed by atoms with E-state index >= 15 is 0 Å². The first kappa shape index (κ1) is 34.3. The Balaban J connectivity index is 3.87. The van der Waals surface area contributed by atoms with Crippen molar-refractivity contribution in [1.82, 2.24) is 9.23 Å². The van der Waals surface area contributed by atoms with Gasteiger partial charge >= 0.3 is 234 Å². The van der Waals surface area contributed by atoms with Gasteiger partial charge in [-0.3, -0.25) is 0 Å². The van der Waals surface area contributed by atoms with Gasteiger partial charge in [-0.25, -0.2) is 0 Å². The van der Waals surface area contributed by atoms with E-state index in [4.69, 9.17) is 28.4 Å². The molecule has 0 radical (unpaired) electrons. The number of nitrogens with zero attached hydrogens (tertiary/aromatic N) is 1. The first-order valence-corrected chi connectivity index (χ1v) is 13.9. The number of carbonyl (C=O) groups excluding carboxylic acids is 6. The molecule has 222 valence electrons. The standard InChI is InChI=1S/C24H38N2O12Se/c1-9-26(10-2)39-24(23(32)33-8)11-18(35-15(5)29)20(25-13(3)27)22(38-24)21(37-17(7)31)19(36-16(6)30)12-34-14(4)28/h18-22H,9-12H2,1-8H3,(H,25,27)/t18-,19+,20+,21+,22+,24-/m0/s1. The van der Waals surface area contributed by atoms with Gasteiger partial charge in [0.2, 0.25) is 0 Å². The fourth-order valence-corrected chi connectivity index (χ4v) is 6.63. The van der Waals surface area contributed by atoms with E-state index in [9.17, 15) is 28.8 Å². The van der Waals surface area contributed by atoms with Gasteiger partial charge in [0.15, 0.2) is 0 Å². The number of amides is 1. The van der Waals surface area contributed by atoms with Gasteiger partial charge in [0.1, 0.15) is 0 Å². The molecule has 15 heteroatoms. The molecule has 0 spiro atoms. The molecule has 0 saturated carbocycles. The van der Waals surface area contributed by atoms with E-state index in [1.165, 1.54) is 14.0 Å². The molecule has 1 N–H and O–H groups in total. The van der Waals surface area contributed by atoms with E-state index in [0.29, 0.717) is 13.1 Å². The molecule has 0 aromatic carbocycles. The zero-order valence-electron chi connectivity index (χ0n) is 23.5. The van der Waals surface area contributed by atoms with E-state index in [1.54, 1.807) is 0 Å². The van der Waals surface area contributed by atoms with Crippen molar-refractivity contribution in [1.29, 1.82) is 0 Å². The molecule has 1 aliphatic rings. The Labute approximate surface area is 234 Å². The fourth-order valence-electron chi connectivity index (χ4n) is 4.05. The van der Waals surface area contributed by atoms with Crippen LogP contribution in [-0.4, -0.2) is 117 Å². The molecule has 0 aliphatic carbocycles. The monoisotopic (exact) mass is 626 g/mol. The summed E-state index contributed by atoms with van der Waals surface area (Å²) in [6, 6.07) is -1.17. The fraction of sp³-hybridized carbons (Fsp3) is 0.750. The predicted octanol–water partition coefficient (Wildman–Crippen LogP) is -0.531. The summed E-state index contributed by atoms with van der Waals surface area (Å²) < 4.78 is 33.3. The minimum atomic E-state index is -1.70. The van der Waals surface area contributed by atoms with Crippen molar-refractivity contribution in [3.05, 3.63) is 0 Å². The van der Waals surface area contributed by atoms with Crippen molar-refractivity contribution < 1.29 is 57.2 Å². The summed E-state index contributed by atoms with van der Waals surface area (Å²) in [6.07, 6.45) is -5.69. The van der Waals surface area contributed by atoms with Crippen LogP contribution in [0.25, 0.3) is 0 Å². The Morgan fingerprint density at radius 2 is 1.54 bits per heavy atom. The van der Waals surface area contributed by atoms with E-state index in [1.807, 2.05) is 17.8 Å². The molecular weight excluding hydrogens is 587 g/mol. The topological polar surface area (TPSA) is 173 Å². The number of esters is 5. The molecule has 1 rings (SSSR count). The van der Waals surface area contributed by atoms with E-state index in [-0.39, 0.29) is 6.42 Å². The van der Waals surface area contributed by atoms with Crippen LogP contribution in [0.3, 0.4) is 0 Å². The van der Waals surface area contributed by atoms with Gasteiger partial charge in [-0.1, -0.05) is 0 Å². The van der Waals surface area contributed by atoms with Crippen LogP contribution in [0, 0.1) is 0 Å². The van der Waals surface area contributed by atoms with Crippen LogP contribution in [0.15, 0.2) is 0 Å². The second kappa shape index (κ2) is 15.8. The van der Waals surface area contributed by atoms with Crippen LogP contribution in [0.5, 0.6) is 0 Å². The zero-order valence-corrected chi connectivity index (χ0v) is 25.2. The number of carbonyl (C=O) groups is 6. The number of rotatable bonds is 13. The van der Waals surface area contributed by atoms with Crippen molar-refractivity contribution in [3.63, 3.8) is 0 Å². The van der Waals surface area contributed by atoms with Crippen LogP contribution < -0.4 is 5.32 Å². The Morgan fingerprint density at radius 1 is 0.949 bits per heavy atom. The summed E-state index contributed by atoms with van der Waals surface area (Å²) in [5, 5.41) is 2.65. The van der Waals surface area contributed by atoms with Crippen molar-refractivity contribution in [2.45, 2.75) is 89.8 Å². The van der Waals surface area contributed by atoms with Crippen LogP contribution >= 0.6 is 0 Å². The molecule has 1 saturated heterocycles. The van der Waals surface area contributed by atoms with E-state index < -0.39 is 92.5 Å². The maximum absolute atomic E-state index is 13.3. The minimum absolute atomic E-state index is 0.188.